The van der Waals surface area contributed by atoms with Crippen LogP contribution in [-0.2, 0) is 4.79 Å². The first-order valence-corrected chi connectivity index (χ1v) is 9.27. The third-order valence-corrected chi connectivity index (χ3v) is 4.89. The van der Waals surface area contributed by atoms with E-state index >= 15 is 0 Å². The van der Waals surface area contributed by atoms with Crippen molar-refractivity contribution in [1.29, 1.82) is 0 Å². The molecular formula is C20H24N2O3S. The molecule has 6 heteroatoms. The van der Waals surface area contributed by atoms with Gasteiger partial charge in [0.1, 0.15) is 0 Å². The summed E-state index contributed by atoms with van der Waals surface area (Å²) in [5, 5.41) is 4.07. The molecule has 1 atom stereocenters. The minimum absolute atomic E-state index is 0.134. The van der Waals surface area contributed by atoms with Gasteiger partial charge in [-0.15, -0.1) is 11.8 Å². The topological polar surface area (TPSA) is 59.9 Å². The fourth-order valence-electron chi connectivity index (χ4n) is 2.33. The second-order valence-corrected chi connectivity index (χ2v) is 6.95. The lowest BCUT2D eigenvalue weighted by atomic mass is 10.1. The van der Waals surface area contributed by atoms with Crippen molar-refractivity contribution in [1.82, 2.24) is 5.43 Å². The van der Waals surface area contributed by atoms with Crippen LogP contribution >= 0.6 is 11.8 Å². The van der Waals surface area contributed by atoms with E-state index in [2.05, 4.69) is 10.5 Å². The van der Waals surface area contributed by atoms with E-state index in [9.17, 15) is 4.79 Å². The Kier molecular flexibility index (Phi) is 7.53. The van der Waals surface area contributed by atoms with Crippen molar-refractivity contribution in [2.45, 2.75) is 30.4 Å². The minimum atomic E-state index is -0.246. The highest BCUT2D eigenvalue weighted by molar-refractivity contribution is 8.00. The molecule has 0 aromatic heterocycles. The van der Waals surface area contributed by atoms with Gasteiger partial charge in [0.05, 0.1) is 25.2 Å². The van der Waals surface area contributed by atoms with Crippen LogP contribution in [0, 0.1) is 0 Å². The number of rotatable bonds is 8. The zero-order chi connectivity index (χ0) is 18.9. The van der Waals surface area contributed by atoms with Gasteiger partial charge in [-0.25, -0.2) is 5.43 Å². The van der Waals surface area contributed by atoms with Crippen LogP contribution in [-0.4, -0.2) is 31.1 Å². The smallest absolute Gasteiger partial charge is 0.253 e. The van der Waals surface area contributed by atoms with Crippen molar-refractivity contribution in [3.63, 3.8) is 0 Å². The van der Waals surface area contributed by atoms with Crippen molar-refractivity contribution in [3.05, 3.63) is 54.1 Å². The first kappa shape index (κ1) is 19.8. The maximum absolute atomic E-state index is 12.3. The van der Waals surface area contributed by atoms with Crippen LogP contribution in [0.2, 0.25) is 0 Å². The SMILES string of the molecule is CC/C(=N/NC(=O)[C@@H](C)Sc1ccccc1)c1ccc(OC)c(OC)c1. The van der Waals surface area contributed by atoms with E-state index in [1.54, 1.807) is 14.2 Å². The molecule has 5 nitrogen and oxygen atoms in total. The Morgan fingerprint density at radius 1 is 1.12 bits per heavy atom. The molecule has 0 saturated carbocycles. The van der Waals surface area contributed by atoms with Gasteiger partial charge in [-0.2, -0.15) is 5.10 Å². The lowest BCUT2D eigenvalue weighted by molar-refractivity contribution is -0.120. The number of nitrogens with zero attached hydrogens (tertiary/aromatic N) is 1. The summed E-state index contributed by atoms with van der Waals surface area (Å²) in [7, 11) is 3.19. The monoisotopic (exact) mass is 372 g/mol. The van der Waals surface area contributed by atoms with Crippen molar-refractivity contribution in [2.24, 2.45) is 5.10 Å². The van der Waals surface area contributed by atoms with Gasteiger partial charge < -0.3 is 9.47 Å². The summed E-state index contributed by atoms with van der Waals surface area (Å²) in [6, 6.07) is 15.4. The molecule has 0 fully saturated rings. The predicted octanol–water partition coefficient (Wildman–Crippen LogP) is 4.11. The average Bonchev–Trinajstić information content (AvgIpc) is 2.68. The molecule has 0 aliphatic carbocycles. The Balaban J connectivity index is 2.07. The molecule has 0 spiro atoms. The summed E-state index contributed by atoms with van der Waals surface area (Å²) in [6.45, 7) is 3.86. The molecule has 0 unspecified atom stereocenters. The highest BCUT2D eigenvalue weighted by atomic mass is 32.2. The number of hydrogen-bond donors (Lipinski definition) is 1. The molecule has 2 rings (SSSR count). The Morgan fingerprint density at radius 2 is 1.81 bits per heavy atom. The van der Waals surface area contributed by atoms with Gasteiger partial charge in [-0.3, -0.25) is 4.79 Å². The molecule has 0 aliphatic heterocycles. The predicted molar refractivity (Wildman–Crippen MR) is 106 cm³/mol. The van der Waals surface area contributed by atoms with Gasteiger partial charge in [-0.05, 0) is 43.7 Å². The Morgan fingerprint density at radius 3 is 2.42 bits per heavy atom. The molecule has 0 bridgehead atoms. The van der Waals surface area contributed by atoms with E-state index in [0.29, 0.717) is 17.9 Å². The van der Waals surface area contributed by atoms with E-state index < -0.39 is 0 Å². The van der Waals surface area contributed by atoms with Crippen LogP contribution in [0.15, 0.2) is 58.5 Å². The van der Waals surface area contributed by atoms with Gasteiger partial charge >= 0.3 is 0 Å². The van der Waals surface area contributed by atoms with Gasteiger partial charge in [-0.1, -0.05) is 25.1 Å². The summed E-state index contributed by atoms with van der Waals surface area (Å²) in [5.41, 5.74) is 4.33. The number of hydrazone groups is 1. The van der Waals surface area contributed by atoms with E-state index in [1.807, 2.05) is 62.4 Å². The summed E-state index contributed by atoms with van der Waals surface area (Å²) < 4.78 is 10.6. The number of carbonyl (C=O) groups excluding carboxylic acids is 1. The van der Waals surface area contributed by atoms with E-state index in [-0.39, 0.29) is 11.2 Å². The summed E-state index contributed by atoms with van der Waals surface area (Å²) in [5.74, 6) is 1.15. The van der Waals surface area contributed by atoms with Crippen molar-refractivity contribution < 1.29 is 14.3 Å². The molecular weight excluding hydrogens is 348 g/mol. The first-order chi connectivity index (χ1) is 12.6. The highest BCUT2D eigenvalue weighted by Crippen LogP contribution is 2.28. The maximum atomic E-state index is 12.3. The quantitative estimate of drug-likeness (QED) is 0.430. The number of nitrogens with one attached hydrogen (secondary N) is 1. The zero-order valence-electron chi connectivity index (χ0n) is 15.5. The minimum Gasteiger partial charge on any atom is -0.493 e. The zero-order valence-corrected chi connectivity index (χ0v) is 16.3. The second kappa shape index (κ2) is 9.87. The van der Waals surface area contributed by atoms with Crippen molar-refractivity contribution in [3.8, 4) is 11.5 Å². The molecule has 0 radical (unpaired) electrons. The summed E-state index contributed by atoms with van der Waals surface area (Å²) >= 11 is 1.50. The van der Waals surface area contributed by atoms with Crippen LogP contribution in [0.5, 0.6) is 11.5 Å². The third kappa shape index (κ3) is 5.26. The van der Waals surface area contributed by atoms with E-state index in [4.69, 9.17) is 9.47 Å². The molecule has 138 valence electrons. The van der Waals surface area contributed by atoms with Crippen LogP contribution in [0.1, 0.15) is 25.8 Å². The third-order valence-electron chi connectivity index (χ3n) is 3.78. The molecule has 1 N–H and O–H groups in total. The fraction of sp³-hybridized carbons (Fsp3) is 0.300. The number of methoxy groups -OCH3 is 2. The maximum Gasteiger partial charge on any atom is 0.253 e. The molecule has 1 amide bonds. The summed E-state index contributed by atoms with van der Waals surface area (Å²) in [6.07, 6.45) is 0.677. The molecule has 2 aromatic rings. The lowest BCUT2D eigenvalue weighted by Gasteiger charge is -2.12. The summed E-state index contributed by atoms with van der Waals surface area (Å²) in [4.78, 5) is 13.4. The van der Waals surface area contributed by atoms with Crippen LogP contribution in [0.25, 0.3) is 0 Å². The van der Waals surface area contributed by atoms with Gasteiger partial charge in [0.15, 0.2) is 11.5 Å². The number of thioether (sulfide) groups is 1. The molecule has 0 aliphatic rings. The Labute approximate surface area is 158 Å². The Bertz CT molecular complexity index is 763. The number of hydrogen-bond acceptors (Lipinski definition) is 5. The van der Waals surface area contributed by atoms with Crippen LogP contribution in [0.4, 0.5) is 0 Å². The average molecular weight is 372 g/mol. The molecule has 0 heterocycles. The normalized spacial score (nSPS) is 12.4. The van der Waals surface area contributed by atoms with Crippen LogP contribution in [0.3, 0.4) is 0 Å². The largest absolute Gasteiger partial charge is 0.493 e. The fourth-order valence-corrected chi connectivity index (χ4v) is 3.22. The van der Waals surface area contributed by atoms with Gasteiger partial charge in [0, 0.05) is 10.5 Å². The lowest BCUT2D eigenvalue weighted by Crippen LogP contribution is -2.28. The van der Waals surface area contributed by atoms with Gasteiger partial charge in [0.2, 0.25) is 0 Å². The molecule has 2 aromatic carbocycles. The second-order valence-electron chi connectivity index (χ2n) is 5.53. The van der Waals surface area contributed by atoms with E-state index in [1.165, 1.54) is 11.8 Å². The standard InChI is InChI=1S/C20H24N2O3S/c1-5-17(15-11-12-18(24-3)19(13-15)25-4)21-22-20(23)14(2)26-16-9-7-6-8-10-16/h6-14H,5H2,1-4H3,(H,22,23)/b21-17-/t14-/m1/s1. The molecule has 0 saturated heterocycles. The van der Waals surface area contributed by atoms with E-state index in [0.717, 1.165) is 16.2 Å². The number of ether oxygens (including phenoxy) is 2. The highest BCUT2D eigenvalue weighted by Gasteiger charge is 2.14. The van der Waals surface area contributed by atoms with Crippen molar-refractivity contribution in [2.75, 3.05) is 14.2 Å². The number of benzene rings is 2. The van der Waals surface area contributed by atoms with Crippen LogP contribution < -0.4 is 14.9 Å². The first-order valence-electron chi connectivity index (χ1n) is 8.39. The number of amides is 1. The number of carbonyl (C=O) groups is 1. The molecule has 26 heavy (non-hydrogen) atoms. The Hall–Kier alpha value is -2.47. The van der Waals surface area contributed by atoms with Crippen molar-refractivity contribution >= 4 is 23.4 Å². The van der Waals surface area contributed by atoms with Gasteiger partial charge in [0.25, 0.3) is 5.91 Å².